The predicted octanol–water partition coefficient (Wildman–Crippen LogP) is 2.14. The molecule has 1 N–H and O–H groups in total. The van der Waals surface area contributed by atoms with Crippen LogP contribution in [0.15, 0.2) is 54.6 Å². The van der Waals surface area contributed by atoms with E-state index in [0.29, 0.717) is 5.75 Å². The Labute approximate surface area is 124 Å². The highest BCUT2D eigenvalue weighted by Crippen LogP contribution is 2.22. The summed E-state index contributed by atoms with van der Waals surface area (Å²) in [6.45, 7) is -0.0439. The molecule has 2 aromatic carbocycles. The number of benzene rings is 2. The van der Waals surface area contributed by atoms with Crippen molar-refractivity contribution < 1.29 is 18.3 Å². The molecule has 1 atom stereocenters. The highest BCUT2D eigenvalue weighted by molar-refractivity contribution is 7.90. The molecular weight excluding hydrogens is 288 g/mol. The SMILES string of the molecule is CS(=O)(=O)C[C@@H](O)COc1ccc(-c2ccccc2)cc1. The third-order valence-electron chi connectivity index (χ3n) is 2.90. The van der Waals surface area contributed by atoms with Crippen LogP contribution in [0.4, 0.5) is 0 Å². The average molecular weight is 306 g/mol. The van der Waals surface area contributed by atoms with Crippen LogP contribution < -0.4 is 4.74 Å². The van der Waals surface area contributed by atoms with E-state index in [1.807, 2.05) is 42.5 Å². The molecule has 2 aromatic rings. The lowest BCUT2D eigenvalue weighted by Gasteiger charge is -2.11. The minimum Gasteiger partial charge on any atom is -0.491 e. The molecule has 5 heteroatoms. The molecule has 4 nitrogen and oxygen atoms in total. The Morgan fingerprint density at radius 1 is 1.00 bits per heavy atom. The van der Waals surface area contributed by atoms with Gasteiger partial charge in [0.2, 0.25) is 0 Å². The van der Waals surface area contributed by atoms with E-state index in [2.05, 4.69) is 0 Å². The van der Waals surface area contributed by atoms with Crippen molar-refractivity contribution in [3.05, 3.63) is 54.6 Å². The molecule has 0 spiro atoms. The van der Waals surface area contributed by atoms with E-state index in [-0.39, 0.29) is 12.4 Å². The maximum absolute atomic E-state index is 11.0. The van der Waals surface area contributed by atoms with Gasteiger partial charge in [-0.05, 0) is 23.3 Å². The summed E-state index contributed by atoms with van der Waals surface area (Å²) in [5.41, 5.74) is 2.18. The largest absolute Gasteiger partial charge is 0.491 e. The van der Waals surface area contributed by atoms with Crippen LogP contribution in [0.25, 0.3) is 11.1 Å². The fraction of sp³-hybridized carbons (Fsp3) is 0.250. The van der Waals surface area contributed by atoms with Crippen molar-refractivity contribution in [2.45, 2.75) is 6.10 Å². The summed E-state index contributed by atoms with van der Waals surface area (Å²) in [4.78, 5) is 0. The summed E-state index contributed by atoms with van der Waals surface area (Å²) >= 11 is 0. The Morgan fingerprint density at radius 3 is 2.14 bits per heavy atom. The van der Waals surface area contributed by atoms with Crippen molar-refractivity contribution in [3.8, 4) is 16.9 Å². The normalized spacial score (nSPS) is 12.9. The first kappa shape index (κ1) is 15.5. The van der Waals surface area contributed by atoms with Gasteiger partial charge in [0.15, 0.2) is 0 Å². The van der Waals surface area contributed by atoms with Gasteiger partial charge in [-0.3, -0.25) is 0 Å². The molecule has 0 amide bonds. The van der Waals surface area contributed by atoms with Gasteiger partial charge in [-0.1, -0.05) is 42.5 Å². The van der Waals surface area contributed by atoms with E-state index < -0.39 is 15.9 Å². The lowest BCUT2D eigenvalue weighted by atomic mass is 10.1. The average Bonchev–Trinajstić information content (AvgIpc) is 2.45. The molecule has 0 aromatic heterocycles. The minimum absolute atomic E-state index is 0.0439. The Morgan fingerprint density at radius 2 is 1.57 bits per heavy atom. The number of hydrogen-bond donors (Lipinski definition) is 1. The van der Waals surface area contributed by atoms with Crippen LogP contribution in [0.1, 0.15) is 0 Å². The molecule has 0 saturated carbocycles. The van der Waals surface area contributed by atoms with Gasteiger partial charge in [0, 0.05) is 6.26 Å². The highest BCUT2D eigenvalue weighted by atomic mass is 32.2. The maximum Gasteiger partial charge on any atom is 0.150 e. The van der Waals surface area contributed by atoms with Crippen LogP contribution in [-0.2, 0) is 9.84 Å². The first-order valence-electron chi connectivity index (χ1n) is 6.58. The fourth-order valence-corrected chi connectivity index (χ4v) is 2.76. The standard InChI is InChI=1S/C16H18O4S/c1-21(18,19)12-15(17)11-20-16-9-7-14(8-10-16)13-5-3-2-4-6-13/h2-10,15,17H,11-12H2,1H3/t15-/m0/s1. The lowest BCUT2D eigenvalue weighted by molar-refractivity contribution is 0.125. The summed E-state index contributed by atoms with van der Waals surface area (Å²) in [5.74, 6) is 0.303. The molecule has 0 saturated heterocycles. The highest BCUT2D eigenvalue weighted by Gasteiger charge is 2.12. The molecule has 2 rings (SSSR count). The van der Waals surface area contributed by atoms with Gasteiger partial charge in [0.25, 0.3) is 0 Å². The molecule has 0 fully saturated rings. The number of aliphatic hydroxyl groups is 1. The van der Waals surface area contributed by atoms with Crippen LogP contribution >= 0.6 is 0 Å². The summed E-state index contributed by atoms with van der Waals surface area (Å²) in [6.07, 6.45) is 0.0685. The van der Waals surface area contributed by atoms with Crippen LogP contribution in [0.5, 0.6) is 5.75 Å². The molecule has 0 bridgehead atoms. The summed E-state index contributed by atoms with van der Waals surface area (Å²) in [5, 5.41) is 9.57. The predicted molar refractivity (Wildman–Crippen MR) is 83.1 cm³/mol. The molecule has 0 aliphatic rings. The Hall–Kier alpha value is -1.85. The first-order chi connectivity index (χ1) is 9.94. The maximum atomic E-state index is 11.0. The quantitative estimate of drug-likeness (QED) is 0.888. The minimum atomic E-state index is -3.20. The third-order valence-corrected chi connectivity index (χ3v) is 3.89. The van der Waals surface area contributed by atoms with Gasteiger partial charge in [-0.25, -0.2) is 8.42 Å². The van der Waals surface area contributed by atoms with Crippen molar-refractivity contribution in [1.82, 2.24) is 0 Å². The smallest absolute Gasteiger partial charge is 0.150 e. The van der Waals surface area contributed by atoms with Gasteiger partial charge in [0.1, 0.15) is 28.3 Å². The molecule has 0 unspecified atom stereocenters. The van der Waals surface area contributed by atoms with Gasteiger partial charge < -0.3 is 9.84 Å². The Kier molecular flexibility index (Phi) is 4.98. The molecule has 0 radical (unpaired) electrons. The van der Waals surface area contributed by atoms with Crippen LogP contribution in [-0.4, -0.2) is 38.2 Å². The van der Waals surface area contributed by atoms with Crippen molar-refractivity contribution >= 4 is 9.84 Å². The van der Waals surface area contributed by atoms with Crippen molar-refractivity contribution in [2.75, 3.05) is 18.6 Å². The third kappa shape index (κ3) is 5.21. The van der Waals surface area contributed by atoms with Crippen LogP contribution in [0.3, 0.4) is 0 Å². The van der Waals surface area contributed by atoms with E-state index >= 15 is 0 Å². The number of ether oxygens (including phenoxy) is 1. The summed E-state index contributed by atoms with van der Waals surface area (Å²) < 4.78 is 27.5. The monoisotopic (exact) mass is 306 g/mol. The molecule has 0 aliphatic heterocycles. The van der Waals surface area contributed by atoms with Gasteiger partial charge in [0.05, 0.1) is 5.75 Å². The second kappa shape index (κ2) is 6.74. The molecule has 112 valence electrons. The number of rotatable bonds is 6. The van der Waals surface area contributed by atoms with E-state index in [1.165, 1.54) is 0 Å². The van der Waals surface area contributed by atoms with Crippen molar-refractivity contribution in [1.29, 1.82) is 0 Å². The summed E-state index contributed by atoms with van der Waals surface area (Å²) in [6, 6.07) is 17.4. The fourth-order valence-electron chi connectivity index (χ4n) is 1.96. The Bertz CT molecular complexity index is 663. The number of aliphatic hydroxyl groups excluding tert-OH is 1. The lowest BCUT2D eigenvalue weighted by Crippen LogP contribution is -2.26. The van der Waals surface area contributed by atoms with Gasteiger partial charge in [-0.15, -0.1) is 0 Å². The van der Waals surface area contributed by atoms with Gasteiger partial charge in [-0.2, -0.15) is 0 Å². The molecule has 21 heavy (non-hydrogen) atoms. The first-order valence-corrected chi connectivity index (χ1v) is 8.64. The second-order valence-corrected chi connectivity index (χ2v) is 7.13. The zero-order chi connectivity index (χ0) is 15.3. The summed E-state index contributed by atoms with van der Waals surface area (Å²) in [7, 11) is -3.20. The van der Waals surface area contributed by atoms with E-state index in [0.717, 1.165) is 17.4 Å². The Balaban J connectivity index is 1.94. The van der Waals surface area contributed by atoms with Crippen LogP contribution in [0, 0.1) is 0 Å². The van der Waals surface area contributed by atoms with E-state index in [4.69, 9.17) is 4.74 Å². The zero-order valence-corrected chi connectivity index (χ0v) is 12.6. The molecule has 0 heterocycles. The van der Waals surface area contributed by atoms with Crippen LogP contribution in [0.2, 0.25) is 0 Å². The zero-order valence-electron chi connectivity index (χ0n) is 11.8. The molecular formula is C16H18O4S. The topological polar surface area (TPSA) is 63.6 Å². The van der Waals surface area contributed by atoms with Crippen molar-refractivity contribution in [3.63, 3.8) is 0 Å². The van der Waals surface area contributed by atoms with Crippen molar-refractivity contribution in [2.24, 2.45) is 0 Å². The van der Waals surface area contributed by atoms with E-state index in [1.54, 1.807) is 12.1 Å². The number of sulfone groups is 1. The second-order valence-electron chi connectivity index (χ2n) is 4.95. The van der Waals surface area contributed by atoms with E-state index in [9.17, 15) is 13.5 Å². The number of hydrogen-bond acceptors (Lipinski definition) is 4. The molecule has 0 aliphatic carbocycles. The van der Waals surface area contributed by atoms with Gasteiger partial charge >= 0.3 is 0 Å².